The molecule has 1 fully saturated rings. The Morgan fingerprint density at radius 2 is 2.58 bits per heavy atom. The van der Waals surface area contributed by atoms with Crippen molar-refractivity contribution in [2.24, 2.45) is 5.92 Å². The van der Waals surface area contributed by atoms with Crippen molar-refractivity contribution < 1.29 is 9.32 Å². The number of carbonyl (C=O) groups excluding carboxylic acids is 1. The average molecular weight is 167 g/mol. The molecule has 1 amide bonds. The number of nitrogens with zero attached hydrogens (tertiary/aromatic N) is 2. The fraction of sp³-hybridized carbons (Fsp3) is 0.571. The van der Waals surface area contributed by atoms with Gasteiger partial charge in [-0.3, -0.25) is 4.79 Å². The first-order valence-corrected chi connectivity index (χ1v) is 3.89. The van der Waals surface area contributed by atoms with Gasteiger partial charge in [0.25, 0.3) is 0 Å². The molecule has 0 atom stereocenters. The summed E-state index contributed by atoms with van der Waals surface area (Å²) in [5.74, 6) is 0.848. The second-order valence-electron chi connectivity index (χ2n) is 2.84. The van der Waals surface area contributed by atoms with Crippen molar-refractivity contribution in [3.05, 3.63) is 12.2 Å². The third kappa shape index (κ3) is 1.61. The largest absolute Gasteiger partial charge is 0.348 e. The molecule has 1 saturated carbocycles. The van der Waals surface area contributed by atoms with Crippen LogP contribution in [0.25, 0.3) is 0 Å². The molecule has 5 nitrogen and oxygen atoms in total. The fourth-order valence-corrected chi connectivity index (χ4v) is 0.926. The van der Waals surface area contributed by atoms with Gasteiger partial charge in [-0.15, -0.1) is 0 Å². The maximum absolute atomic E-state index is 11.1. The summed E-state index contributed by atoms with van der Waals surface area (Å²) in [5, 5.41) is 6.29. The predicted molar refractivity (Wildman–Crippen MR) is 38.9 cm³/mol. The topological polar surface area (TPSA) is 68.0 Å². The van der Waals surface area contributed by atoms with Gasteiger partial charge in [-0.05, 0) is 12.8 Å². The van der Waals surface area contributed by atoms with Crippen LogP contribution in [0.3, 0.4) is 0 Å². The van der Waals surface area contributed by atoms with Gasteiger partial charge in [0.2, 0.25) is 12.3 Å². The summed E-state index contributed by atoms with van der Waals surface area (Å²) in [6.45, 7) is 0.367. The van der Waals surface area contributed by atoms with Crippen molar-refractivity contribution in [2.45, 2.75) is 19.4 Å². The molecule has 2 rings (SSSR count). The highest BCUT2D eigenvalue weighted by molar-refractivity contribution is 5.80. The van der Waals surface area contributed by atoms with Crippen molar-refractivity contribution in [2.75, 3.05) is 0 Å². The van der Waals surface area contributed by atoms with Crippen LogP contribution in [0.2, 0.25) is 0 Å². The Labute approximate surface area is 69.1 Å². The first-order chi connectivity index (χ1) is 5.86. The van der Waals surface area contributed by atoms with Crippen LogP contribution in [0.4, 0.5) is 0 Å². The Balaban J connectivity index is 1.78. The monoisotopic (exact) mass is 167 g/mol. The third-order valence-electron chi connectivity index (χ3n) is 1.78. The summed E-state index contributed by atoms with van der Waals surface area (Å²) in [6, 6.07) is 0. The number of carbonyl (C=O) groups is 1. The molecule has 0 radical (unpaired) electrons. The second-order valence-corrected chi connectivity index (χ2v) is 2.84. The van der Waals surface area contributed by atoms with Crippen molar-refractivity contribution in [1.82, 2.24) is 15.5 Å². The number of nitrogens with one attached hydrogen (secondary N) is 1. The molecule has 1 N–H and O–H groups in total. The van der Waals surface area contributed by atoms with E-state index in [0.29, 0.717) is 12.4 Å². The van der Waals surface area contributed by atoms with E-state index in [4.69, 9.17) is 0 Å². The van der Waals surface area contributed by atoms with E-state index < -0.39 is 0 Å². The molecule has 1 aromatic heterocycles. The third-order valence-corrected chi connectivity index (χ3v) is 1.78. The maximum atomic E-state index is 11.1. The van der Waals surface area contributed by atoms with Crippen LogP contribution in [0.15, 0.2) is 10.9 Å². The molecular weight excluding hydrogens is 158 g/mol. The Bertz CT molecular complexity index is 266. The lowest BCUT2D eigenvalue weighted by atomic mass is 10.4. The minimum atomic E-state index is 0.0970. The smallest absolute Gasteiger partial charge is 0.223 e. The van der Waals surface area contributed by atoms with Gasteiger partial charge in [-0.1, -0.05) is 5.16 Å². The molecule has 12 heavy (non-hydrogen) atoms. The van der Waals surface area contributed by atoms with Gasteiger partial charge >= 0.3 is 0 Å². The number of hydrogen-bond acceptors (Lipinski definition) is 4. The summed E-state index contributed by atoms with van der Waals surface area (Å²) >= 11 is 0. The Morgan fingerprint density at radius 3 is 3.17 bits per heavy atom. The molecule has 64 valence electrons. The van der Waals surface area contributed by atoms with E-state index in [0.717, 1.165) is 12.8 Å². The molecule has 1 aliphatic carbocycles. The summed E-state index contributed by atoms with van der Waals surface area (Å²) in [6.07, 6.45) is 3.27. The standard InChI is InChI=1S/C7H9N3O2/c11-7(5-1-2-5)8-3-6-9-4-12-10-6/h4-5H,1-3H2,(H,8,11). The first-order valence-electron chi connectivity index (χ1n) is 3.89. The molecule has 0 bridgehead atoms. The zero-order valence-electron chi connectivity index (χ0n) is 6.49. The quantitative estimate of drug-likeness (QED) is 0.693. The maximum Gasteiger partial charge on any atom is 0.223 e. The van der Waals surface area contributed by atoms with Crippen LogP contribution < -0.4 is 5.32 Å². The summed E-state index contributed by atoms with van der Waals surface area (Å²) < 4.78 is 4.51. The van der Waals surface area contributed by atoms with E-state index in [1.165, 1.54) is 6.39 Å². The van der Waals surface area contributed by atoms with Crippen molar-refractivity contribution in [3.8, 4) is 0 Å². The van der Waals surface area contributed by atoms with Crippen LogP contribution in [0.1, 0.15) is 18.7 Å². The SMILES string of the molecule is O=C(NCc1ncon1)C1CC1. The lowest BCUT2D eigenvalue weighted by molar-refractivity contribution is -0.122. The van der Waals surface area contributed by atoms with E-state index in [2.05, 4.69) is 20.0 Å². The van der Waals surface area contributed by atoms with Gasteiger partial charge in [0.15, 0.2) is 5.82 Å². The van der Waals surface area contributed by atoms with Crippen molar-refractivity contribution in [1.29, 1.82) is 0 Å². The molecule has 0 spiro atoms. The predicted octanol–water partition coefficient (Wildman–Crippen LogP) is 0.0958. The molecule has 1 aliphatic rings. The van der Waals surface area contributed by atoms with E-state index in [-0.39, 0.29) is 11.8 Å². The number of hydrogen-bond donors (Lipinski definition) is 1. The molecule has 1 aromatic rings. The summed E-state index contributed by atoms with van der Waals surface area (Å²) in [7, 11) is 0. The van der Waals surface area contributed by atoms with Crippen molar-refractivity contribution in [3.63, 3.8) is 0 Å². The molecule has 0 unspecified atom stereocenters. The highest BCUT2D eigenvalue weighted by Gasteiger charge is 2.29. The van der Waals surface area contributed by atoms with Crippen LogP contribution >= 0.6 is 0 Å². The highest BCUT2D eigenvalue weighted by Crippen LogP contribution is 2.28. The molecule has 5 heteroatoms. The fourth-order valence-electron chi connectivity index (χ4n) is 0.926. The Hall–Kier alpha value is -1.39. The summed E-state index contributed by atoms with van der Waals surface area (Å²) in [4.78, 5) is 14.9. The van der Waals surface area contributed by atoms with E-state index in [1.807, 2.05) is 0 Å². The van der Waals surface area contributed by atoms with Gasteiger partial charge in [-0.25, -0.2) is 0 Å². The minimum absolute atomic E-state index is 0.0970. The molecule has 0 saturated heterocycles. The zero-order chi connectivity index (χ0) is 8.39. The minimum Gasteiger partial charge on any atom is -0.348 e. The van der Waals surface area contributed by atoms with Crippen molar-refractivity contribution >= 4 is 5.91 Å². The zero-order valence-corrected chi connectivity index (χ0v) is 6.49. The van der Waals surface area contributed by atoms with E-state index >= 15 is 0 Å². The normalized spacial score (nSPS) is 16.0. The molecule has 1 heterocycles. The number of aromatic nitrogens is 2. The molecule has 0 aliphatic heterocycles. The molecule has 0 aromatic carbocycles. The number of amides is 1. The average Bonchev–Trinajstić information content (AvgIpc) is 2.80. The second kappa shape index (κ2) is 2.92. The Kier molecular flexibility index (Phi) is 1.77. The Morgan fingerprint density at radius 1 is 1.75 bits per heavy atom. The van der Waals surface area contributed by atoms with Crippen LogP contribution in [-0.4, -0.2) is 16.0 Å². The summed E-state index contributed by atoms with van der Waals surface area (Å²) in [5.41, 5.74) is 0. The van der Waals surface area contributed by atoms with E-state index in [1.54, 1.807) is 0 Å². The van der Waals surface area contributed by atoms with Gasteiger partial charge < -0.3 is 9.84 Å². The van der Waals surface area contributed by atoms with Gasteiger partial charge in [0.05, 0.1) is 6.54 Å². The van der Waals surface area contributed by atoms with Gasteiger partial charge in [-0.2, -0.15) is 4.98 Å². The van der Waals surface area contributed by atoms with Gasteiger partial charge in [0.1, 0.15) is 0 Å². The van der Waals surface area contributed by atoms with Gasteiger partial charge in [0, 0.05) is 5.92 Å². The van der Waals surface area contributed by atoms with Crippen LogP contribution in [0.5, 0.6) is 0 Å². The highest BCUT2D eigenvalue weighted by atomic mass is 16.5. The van der Waals surface area contributed by atoms with E-state index in [9.17, 15) is 4.79 Å². The van der Waals surface area contributed by atoms with Crippen LogP contribution in [-0.2, 0) is 11.3 Å². The lowest BCUT2D eigenvalue weighted by Gasteiger charge is -1.98. The lowest BCUT2D eigenvalue weighted by Crippen LogP contribution is -2.24. The van der Waals surface area contributed by atoms with Crippen LogP contribution in [0, 0.1) is 5.92 Å². The number of rotatable bonds is 3. The first kappa shape index (κ1) is 7.27. The molecular formula is C7H9N3O2.